The Labute approximate surface area is 114 Å². The minimum Gasteiger partial charge on any atom is -0.389 e. The van der Waals surface area contributed by atoms with Gasteiger partial charge in [0.05, 0.1) is 6.10 Å². The summed E-state index contributed by atoms with van der Waals surface area (Å²) in [4.78, 5) is 11.2. The lowest BCUT2D eigenvalue weighted by atomic mass is 10.1. The molecule has 0 aromatic carbocycles. The first-order valence-electron chi connectivity index (χ1n) is 6.50. The summed E-state index contributed by atoms with van der Waals surface area (Å²) in [5, 5.41) is 9.27. The van der Waals surface area contributed by atoms with Gasteiger partial charge in [0.25, 0.3) is 0 Å². The molecule has 3 rings (SSSR count). The van der Waals surface area contributed by atoms with Gasteiger partial charge in [-0.2, -0.15) is 18.2 Å². The van der Waals surface area contributed by atoms with E-state index in [0.29, 0.717) is 19.6 Å². The zero-order chi connectivity index (χ0) is 14.5. The third-order valence-corrected chi connectivity index (χ3v) is 3.75. The Morgan fingerprint density at radius 1 is 1.30 bits per heavy atom. The van der Waals surface area contributed by atoms with Gasteiger partial charge in [0.15, 0.2) is 5.69 Å². The summed E-state index contributed by atoms with van der Waals surface area (Å²) in [5.41, 5.74) is -0.932. The summed E-state index contributed by atoms with van der Waals surface area (Å²) in [7, 11) is 0. The maximum absolute atomic E-state index is 12.9. The van der Waals surface area contributed by atoms with Crippen LogP contribution in [0, 0.1) is 0 Å². The molecule has 1 aromatic rings. The number of alkyl halides is 3. The predicted octanol–water partition coefficient (Wildman–Crippen LogP) is 1.27. The molecule has 0 spiro atoms. The Bertz CT molecular complexity index is 516. The summed E-state index contributed by atoms with van der Waals surface area (Å²) >= 11 is 0. The third kappa shape index (κ3) is 2.28. The molecule has 110 valence electrons. The molecular weight excluding hydrogens is 273 g/mol. The van der Waals surface area contributed by atoms with Crippen LogP contribution in [0.2, 0.25) is 0 Å². The van der Waals surface area contributed by atoms with Crippen molar-refractivity contribution in [1.82, 2.24) is 9.97 Å². The molecule has 20 heavy (non-hydrogen) atoms. The topological polar surface area (TPSA) is 52.5 Å². The highest BCUT2D eigenvalue weighted by Gasteiger charge is 2.37. The molecular formula is C12H15F3N4O. The van der Waals surface area contributed by atoms with Gasteiger partial charge in [-0.15, -0.1) is 0 Å². The number of aromatic nitrogens is 2. The van der Waals surface area contributed by atoms with Crippen LogP contribution in [-0.2, 0) is 6.18 Å². The monoisotopic (exact) mass is 288 g/mol. The summed E-state index contributed by atoms with van der Waals surface area (Å²) < 4.78 is 38.7. The fraction of sp³-hybridized carbons (Fsp3) is 0.667. The van der Waals surface area contributed by atoms with Crippen LogP contribution < -0.4 is 9.80 Å². The predicted molar refractivity (Wildman–Crippen MR) is 66.7 cm³/mol. The molecule has 0 aliphatic carbocycles. The number of β-amino-alcohol motifs (C(OH)–C–C–N with tert-alkyl or cyclic N) is 1. The maximum Gasteiger partial charge on any atom is 0.433 e. The van der Waals surface area contributed by atoms with Crippen molar-refractivity contribution in [2.24, 2.45) is 0 Å². The molecule has 2 saturated heterocycles. The molecule has 0 amide bonds. The summed E-state index contributed by atoms with van der Waals surface area (Å²) in [6.45, 7) is 3.22. The molecule has 3 heterocycles. The van der Waals surface area contributed by atoms with Gasteiger partial charge in [0.1, 0.15) is 5.82 Å². The summed E-state index contributed by atoms with van der Waals surface area (Å²) in [6.07, 6.45) is -4.06. The van der Waals surface area contributed by atoms with E-state index in [0.717, 1.165) is 12.5 Å². The lowest BCUT2D eigenvalue weighted by Gasteiger charge is -2.41. The van der Waals surface area contributed by atoms with E-state index in [1.807, 2.05) is 6.92 Å². The second-order valence-electron chi connectivity index (χ2n) is 5.30. The van der Waals surface area contributed by atoms with Gasteiger partial charge >= 0.3 is 6.18 Å². The second kappa shape index (κ2) is 4.47. The van der Waals surface area contributed by atoms with Crippen molar-refractivity contribution in [1.29, 1.82) is 0 Å². The molecule has 5 nitrogen and oxygen atoms in total. The zero-order valence-electron chi connectivity index (χ0n) is 10.9. The van der Waals surface area contributed by atoms with E-state index in [4.69, 9.17) is 0 Å². The number of nitrogens with zero attached hydrogens (tertiary/aromatic N) is 4. The molecule has 0 bridgehead atoms. The number of hydrogen-bond acceptors (Lipinski definition) is 5. The van der Waals surface area contributed by atoms with Crippen LogP contribution in [0.15, 0.2) is 6.07 Å². The second-order valence-corrected chi connectivity index (χ2v) is 5.30. The van der Waals surface area contributed by atoms with Crippen LogP contribution >= 0.6 is 0 Å². The van der Waals surface area contributed by atoms with Crippen molar-refractivity contribution in [2.45, 2.75) is 31.7 Å². The van der Waals surface area contributed by atoms with Crippen molar-refractivity contribution >= 4 is 11.8 Å². The Morgan fingerprint density at radius 2 is 2.00 bits per heavy atom. The van der Waals surface area contributed by atoms with Gasteiger partial charge in [0, 0.05) is 31.7 Å². The smallest absolute Gasteiger partial charge is 0.389 e. The Kier molecular flexibility index (Phi) is 3.00. The van der Waals surface area contributed by atoms with E-state index >= 15 is 0 Å². The van der Waals surface area contributed by atoms with E-state index in [9.17, 15) is 18.3 Å². The number of aliphatic hydroxyl groups excluding tert-OH is 1. The van der Waals surface area contributed by atoms with Crippen LogP contribution in [0.4, 0.5) is 24.9 Å². The Hall–Kier alpha value is -1.57. The fourth-order valence-corrected chi connectivity index (χ4v) is 2.31. The van der Waals surface area contributed by atoms with Crippen molar-refractivity contribution in [2.75, 3.05) is 29.4 Å². The average molecular weight is 288 g/mol. The first-order valence-corrected chi connectivity index (χ1v) is 6.50. The maximum atomic E-state index is 12.9. The lowest BCUT2D eigenvalue weighted by Crippen LogP contribution is -2.52. The summed E-state index contributed by atoms with van der Waals surface area (Å²) in [6, 6.07) is 1.10. The molecule has 2 aliphatic heterocycles. The van der Waals surface area contributed by atoms with E-state index in [1.54, 1.807) is 9.80 Å². The highest BCUT2D eigenvalue weighted by atomic mass is 19.4. The number of hydrogen-bond donors (Lipinski definition) is 1. The number of rotatable bonds is 2. The fourth-order valence-electron chi connectivity index (χ4n) is 2.31. The highest BCUT2D eigenvalue weighted by Crippen LogP contribution is 2.34. The lowest BCUT2D eigenvalue weighted by molar-refractivity contribution is -0.141. The van der Waals surface area contributed by atoms with Gasteiger partial charge < -0.3 is 14.9 Å². The van der Waals surface area contributed by atoms with Gasteiger partial charge in [0.2, 0.25) is 5.95 Å². The SMILES string of the molecule is C[C@H]1CCN1c1nc(N2CC(O)C2)cc(C(F)(F)F)n1. The van der Waals surface area contributed by atoms with Crippen molar-refractivity contribution in [3.05, 3.63) is 11.8 Å². The van der Waals surface area contributed by atoms with Crippen molar-refractivity contribution in [3.63, 3.8) is 0 Å². The van der Waals surface area contributed by atoms with E-state index in [-0.39, 0.29) is 17.8 Å². The molecule has 1 N–H and O–H groups in total. The Morgan fingerprint density at radius 3 is 2.45 bits per heavy atom. The first kappa shape index (κ1) is 13.4. The largest absolute Gasteiger partial charge is 0.433 e. The standard InChI is InChI=1S/C12H15F3N4O/c1-7-2-3-19(7)11-16-9(12(13,14)15)4-10(17-11)18-5-8(20)6-18/h4,7-8,20H,2-3,5-6H2,1H3/t7-/m0/s1. The molecule has 0 radical (unpaired) electrons. The van der Waals surface area contributed by atoms with Crippen LogP contribution in [0.5, 0.6) is 0 Å². The molecule has 0 saturated carbocycles. The van der Waals surface area contributed by atoms with Crippen molar-refractivity contribution in [3.8, 4) is 0 Å². The molecule has 1 atom stereocenters. The highest BCUT2D eigenvalue weighted by molar-refractivity contribution is 5.50. The molecule has 8 heteroatoms. The first-order chi connectivity index (χ1) is 9.34. The van der Waals surface area contributed by atoms with Gasteiger partial charge in [-0.25, -0.2) is 4.98 Å². The minimum absolute atomic E-state index is 0.120. The minimum atomic E-state index is -4.50. The van der Waals surface area contributed by atoms with Gasteiger partial charge in [-0.3, -0.25) is 0 Å². The van der Waals surface area contributed by atoms with Crippen LogP contribution in [0.25, 0.3) is 0 Å². The number of halogens is 3. The van der Waals surface area contributed by atoms with Crippen LogP contribution in [0.1, 0.15) is 19.0 Å². The van der Waals surface area contributed by atoms with Crippen molar-refractivity contribution < 1.29 is 18.3 Å². The third-order valence-electron chi connectivity index (χ3n) is 3.75. The van der Waals surface area contributed by atoms with Crippen LogP contribution in [0.3, 0.4) is 0 Å². The zero-order valence-corrected chi connectivity index (χ0v) is 10.9. The molecule has 1 aromatic heterocycles. The molecule has 2 aliphatic rings. The Balaban J connectivity index is 1.95. The average Bonchev–Trinajstić information content (AvgIpc) is 2.31. The number of anilines is 2. The normalized spacial score (nSPS) is 23.6. The van der Waals surface area contributed by atoms with E-state index < -0.39 is 18.0 Å². The molecule has 0 unspecified atom stereocenters. The quantitative estimate of drug-likeness (QED) is 0.888. The van der Waals surface area contributed by atoms with Gasteiger partial charge in [-0.1, -0.05) is 0 Å². The molecule has 2 fully saturated rings. The van der Waals surface area contributed by atoms with E-state index in [1.165, 1.54) is 0 Å². The summed E-state index contributed by atoms with van der Waals surface area (Å²) in [5.74, 6) is 0.349. The van der Waals surface area contributed by atoms with E-state index in [2.05, 4.69) is 9.97 Å². The van der Waals surface area contributed by atoms with Gasteiger partial charge in [-0.05, 0) is 13.3 Å². The van der Waals surface area contributed by atoms with Crippen LogP contribution in [-0.4, -0.2) is 46.9 Å². The number of aliphatic hydroxyl groups is 1.